The normalized spacial score (nSPS) is 19.5. The van der Waals surface area contributed by atoms with Gasteiger partial charge in [0.25, 0.3) is 12.3 Å². The number of aromatic nitrogens is 5. The maximum absolute atomic E-state index is 13.9. The summed E-state index contributed by atoms with van der Waals surface area (Å²) in [6, 6.07) is 1.58. The van der Waals surface area contributed by atoms with Gasteiger partial charge in [0.15, 0.2) is 11.3 Å². The number of nitrogens with one attached hydrogen (secondary N) is 1. The van der Waals surface area contributed by atoms with Gasteiger partial charge in [0, 0.05) is 38.6 Å². The van der Waals surface area contributed by atoms with E-state index < -0.39 is 23.6 Å². The molecular formula is C28H36F2N8O5. The number of ether oxygens (including phenoxy) is 2. The van der Waals surface area contributed by atoms with Crippen LogP contribution in [0.15, 0.2) is 24.7 Å². The Morgan fingerprint density at radius 2 is 1.77 bits per heavy atom. The largest absolute Gasteiger partial charge is 0.469 e. The molecule has 1 saturated carbocycles. The van der Waals surface area contributed by atoms with E-state index in [1.54, 1.807) is 17.2 Å². The first-order chi connectivity index (χ1) is 20.4. The summed E-state index contributed by atoms with van der Waals surface area (Å²) < 4.78 is 41.0. The van der Waals surface area contributed by atoms with E-state index in [4.69, 9.17) is 9.47 Å². The van der Waals surface area contributed by atoms with Crippen molar-refractivity contribution in [2.24, 2.45) is 5.92 Å². The third-order valence-corrected chi connectivity index (χ3v) is 7.68. The Bertz CT molecular complexity index is 1480. The number of carbonyl (C=O) groups is 3. The number of rotatable bonds is 6. The zero-order valence-electron chi connectivity index (χ0n) is 24.6. The molecule has 4 heterocycles. The molecule has 3 aromatic rings. The average molecular weight is 603 g/mol. The molecule has 15 heteroatoms. The Morgan fingerprint density at radius 1 is 1.07 bits per heavy atom. The average Bonchev–Trinajstić information content (AvgIpc) is 3.60. The molecule has 0 bridgehead atoms. The van der Waals surface area contributed by atoms with E-state index in [9.17, 15) is 23.2 Å². The van der Waals surface area contributed by atoms with E-state index in [-0.39, 0.29) is 40.9 Å². The lowest BCUT2D eigenvalue weighted by molar-refractivity contribution is -0.146. The summed E-state index contributed by atoms with van der Waals surface area (Å²) in [7, 11) is 1.35. The fraction of sp³-hybridized carbons (Fsp3) is 0.571. The van der Waals surface area contributed by atoms with Gasteiger partial charge in [0.05, 0.1) is 31.0 Å². The van der Waals surface area contributed by atoms with Crippen LogP contribution in [0.4, 0.5) is 25.1 Å². The summed E-state index contributed by atoms with van der Waals surface area (Å²) in [5.41, 5.74) is -0.836. The van der Waals surface area contributed by atoms with Gasteiger partial charge in [-0.25, -0.2) is 23.1 Å². The van der Waals surface area contributed by atoms with Gasteiger partial charge >= 0.3 is 12.1 Å². The molecule has 1 aliphatic carbocycles. The second kappa shape index (κ2) is 12.1. The van der Waals surface area contributed by atoms with Crippen molar-refractivity contribution in [2.75, 3.05) is 43.5 Å². The maximum atomic E-state index is 13.9. The molecule has 0 spiro atoms. The van der Waals surface area contributed by atoms with Gasteiger partial charge in [-0.3, -0.25) is 14.3 Å². The highest BCUT2D eigenvalue weighted by Gasteiger charge is 2.31. The molecule has 1 N–H and O–H groups in total. The van der Waals surface area contributed by atoms with E-state index in [1.807, 2.05) is 25.7 Å². The summed E-state index contributed by atoms with van der Waals surface area (Å²) in [5.74, 6) is -0.541. The molecule has 0 atom stereocenters. The van der Waals surface area contributed by atoms with E-state index in [1.165, 1.54) is 28.7 Å². The van der Waals surface area contributed by atoms with E-state index in [0.717, 1.165) is 0 Å². The maximum Gasteiger partial charge on any atom is 0.410 e. The molecule has 232 valence electrons. The second-order valence-corrected chi connectivity index (χ2v) is 11.8. The van der Waals surface area contributed by atoms with Crippen molar-refractivity contribution in [2.45, 2.75) is 64.5 Å². The van der Waals surface area contributed by atoms with Crippen molar-refractivity contribution >= 4 is 35.1 Å². The monoisotopic (exact) mass is 602 g/mol. The van der Waals surface area contributed by atoms with Gasteiger partial charge in [-0.05, 0) is 52.5 Å². The molecule has 2 aliphatic rings. The van der Waals surface area contributed by atoms with Crippen molar-refractivity contribution in [1.29, 1.82) is 0 Å². The number of methoxy groups -OCH3 is 1. The Kier molecular flexibility index (Phi) is 8.51. The highest BCUT2D eigenvalue weighted by molar-refractivity contribution is 6.08. The third kappa shape index (κ3) is 6.70. The zero-order chi connectivity index (χ0) is 30.9. The van der Waals surface area contributed by atoms with Gasteiger partial charge in [0.2, 0.25) is 0 Å². The number of hydrogen-bond acceptors (Lipinski definition) is 9. The van der Waals surface area contributed by atoms with Crippen LogP contribution in [0.2, 0.25) is 0 Å². The Morgan fingerprint density at radius 3 is 2.40 bits per heavy atom. The van der Waals surface area contributed by atoms with Crippen LogP contribution >= 0.6 is 0 Å². The molecule has 0 unspecified atom stereocenters. The summed E-state index contributed by atoms with van der Waals surface area (Å²) in [6.07, 6.45) is 3.42. The number of alkyl halides is 2. The topological polar surface area (TPSA) is 136 Å². The number of hydrogen-bond donors (Lipinski definition) is 1. The predicted molar refractivity (Wildman–Crippen MR) is 151 cm³/mol. The van der Waals surface area contributed by atoms with Gasteiger partial charge < -0.3 is 24.6 Å². The van der Waals surface area contributed by atoms with Crippen LogP contribution in [0.1, 0.15) is 75.0 Å². The van der Waals surface area contributed by atoms with Gasteiger partial charge in [-0.1, -0.05) is 0 Å². The standard InChI is InChI=1S/C28H36F2N8O5/c1-28(2,3)43-27(41)36-13-11-35(12-14-36)21-9-10-37-24(33-21)19(15-31-37)25(39)32-20-16-38(34-22(20)23(29)30)18-7-5-17(6-8-18)26(40)42-4/h9-10,15-18,23H,5-8,11-14H2,1-4H3,(H,32,39). The number of piperazine rings is 1. The van der Waals surface area contributed by atoms with Gasteiger partial charge in [-0.15, -0.1) is 0 Å². The highest BCUT2D eigenvalue weighted by Crippen LogP contribution is 2.35. The lowest BCUT2D eigenvalue weighted by Gasteiger charge is -2.36. The minimum Gasteiger partial charge on any atom is -0.469 e. The lowest BCUT2D eigenvalue weighted by atomic mass is 9.86. The Hall–Kier alpha value is -4.30. The minimum absolute atomic E-state index is 0.0936. The molecule has 0 aromatic carbocycles. The third-order valence-electron chi connectivity index (χ3n) is 7.68. The van der Waals surface area contributed by atoms with Crippen molar-refractivity contribution in [3.8, 4) is 0 Å². The molecular weight excluding hydrogens is 566 g/mol. The zero-order valence-corrected chi connectivity index (χ0v) is 24.6. The smallest absolute Gasteiger partial charge is 0.410 e. The predicted octanol–water partition coefficient (Wildman–Crippen LogP) is 4.08. The molecule has 13 nitrogen and oxygen atoms in total. The second-order valence-electron chi connectivity index (χ2n) is 11.8. The molecule has 2 fully saturated rings. The highest BCUT2D eigenvalue weighted by atomic mass is 19.3. The van der Waals surface area contributed by atoms with Crippen LogP contribution in [0.3, 0.4) is 0 Å². The molecule has 0 radical (unpaired) electrons. The van der Waals surface area contributed by atoms with Gasteiger partial charge in [0.1, 0.15) is 17.0 Å². The summed E-state index contributed by atoms with van der Waals surface area (Å²) >= 11 is 0. The number of carbonyl (C=O) groups excluding carboxylic acids is 3. The molecule has 5 rings (SSSR count). The lowest BCUT2D eigenvalue weighted by Crippen LogP contribution is -2.50. The van der Waals surface area contributed by atoms with E-state index in [0.29, 0.717) is 57.7 Å². The SMILES string of the molecule is COC(=O)C1CCC(n2cc(NC(=O)c3cnn4ccc(N5CCN(C(=O)OC(C)(C)C)CC5)nc34)c(C(F)F)n2)CC1. The number of fused-ring (bicyclic) bond motifs is 1. The number of amides is 2. The van der Waals surface area contributed by atoms with Gasteiger partial charge in [-0.2, -0.15) is 10.2 Å². The van der Waals surface area contributed by atoms with Crippen molar-refractivity contribution in [3.63, 3.8) is 0 Å². The van der Waals surface area contributed by atoms with Crippen LogP contribution < -0.4 is 10.2 Å². The number of esters is 1. The fourth-order valence-corrected chi connectivity index (χ4v) is 5.42. The summed E-state index contributed by atoms with van der Waals surface area (Å²) in [5, 5.41) is 10.9. The van der Waals surface area contributed by atoms with Crippen LogP contribution in [0, 0.1) is 5.92 Å². The van der Waals surface area contributed by atoms with E-state index >= 15 is 0 Å². The quantitative estimate of drug-likeness (QED) is 0.414. The van der Waals surface area contributed by atoms with Crippen molar-refractivity contribution in [1.82, 2.24) is 29.3 Å². The van der Waals surface area contributed by atoms with Crippen LogP contribution in [0.25, 0.3) is 5.65 Å². The van der Waals surface area contributed by atoms with Crippen molar-refractivity contribution in [3.05, 3.63) is 35.9 Å². The minimum atomic E-state index is -2.91. The molecule has 1 aliphatic heterocycles. The van der Waals surface area contributed by atoms with Crippen LogP contribution in [-0.2, 0) is 14.3 Å². The summed E-state index contributed by atoms with van der Waals surface area (Å²) in [6.45, 7) is 7.36. The first kappa shape index (κ1) is 30.2. The van der Waals surface area contributed by atoms with Crippen molar-refractivity contribution < 1.29 is 32.6 Å². The molecule has 3 aromatic heterocycles. The number of nitrogens with zero attached hydrogens (tertiary/aromatic N) is 7. The Balaban J connectivity index is 1.28. The molecule has 43 heavy (non-hydrogen) atoms. The number of halogens is 2. The van der Waals surface area contributed by atoms with Crippen LogP contribution in [0.5, 0.6) is 0 Å². The first-order valence-corrected chi connectivity index (χ1v) is 14.3. The van der Waals surface area contributed by atoms with Crippen LogP contribution in [-0.4, -0.2) is 86.1 Å². The molecule has 2 amide bonds. The molecule has 1 saturated heterocycles. The number of anilines is 2. The van der Waals surface area contributed by atoms with E-state index in [2.05, 4.69) is 20.5 Å². The summed E-state index contributed by atoms with van der Waals surface area (Å²) in [4.78, 5) is 45.8. The fourth-order valence-electron chi connectivity index (χ4n) is 5.42. The first-order valence-electron chi connectivity index (χ1n) is 14.3. The Labute approximate surface area is 247 Å².